The lowest BCUT2D eigenvalue weighted by Gasteiger charge is -2.43. The van der Waals surface area contributed by atoms with E-state index in [1.807, 2.05) is 0 Å². The van der Waals surface area contributed by atoms with Crippen LogP contribution < -0.4 is 5.73 Å². The van der Waals surface area contributed by atoms with Gasteiger partial charge in [-0.1, -0.05) is 6.92 Å². The van der Waals surface area contributed by atoms with Crippen LogP contribution in [0.4, 0.5) is 0 Å². The van der Waals surface area contributed by atoms with Gasteiger partial charge in [-0.2, -0.15) is 0 Å². The molecule has 15 heavy (non-hydrogen) atoms. The predicted octanol–water partition coefficient (Wildman–Crippen LogP) is 0.892. The van der Waals surface area contributed by atoms with E-state index < -0.39 is 0 Å². The van der Waals surface area contributed by atoms with E-state index in [0.29, 0.717) is 12.1 Å². The predicted molar refractivity (Wildman–Crippen MR) is 63.9 cm³/mol. The van der Waals surface area contributed by atoms with Crippen molar-refractivity contribution >= 4 is 0 Å². The molecule has 0 aromatic rings. The zero-order chi connectivity index (χ0) is 10.8. The average Bonchev–Trinajstić information content (AvgIpc) is 2.65. The second kappa shape index (κ2) is 4.81. The van der Waals surface area contributed by atoms with Crippen molar-refractivity contribution in [3.8, 4) is 0 Å². The number of rotatable bonds is 3. The molecule has 0 amide bonds. The highest BCUT2D eigenvalue weighted by atomic mass is 15.3. The van der Waals surface area contributed by atoms with E-state index in [1.54, 1.807) is 0 Å². The molecule has 2 heterocycles. The third-order valence-electron chi connectivity index (χ3n) is 4.06. The normalized spacial score (nSPS) is 35.4. The number of nitrogens with two attached hydrogens (primary N) is 1. The highest BCUT2D eigenvalue weighted by Gasteiger charge is 2.34. The van der Waals surface area contributed by atoms with Gasteiger partial charge in [-0.25, -0.2) is 0 Å². The molecule has 0 saturated carbocycles. The summed E-state index contributed by atoms with van der Waals surface area (Å²) in [7, 11) is 0. The molecule has 2 aliphatic heterocycles. The Morgan fingerprint density at radius 2 is 2.20 bits per heavy atom. The molecular weight excluding hydrogens is 186 g/mol. The number of nitrogens with zero attached hydrogens (tertiary/aromatic N) is 2. The third-order valence-corrected chi connectivity index (χ3v) is 4.06. The summed E-state index contributed by atoms with van der Waals surface area (Å²) >= 11 is 0. The van der Waals surface area contributed by atoms with E-state index >= 15 is 0 Å². The lowest BCUT2D eigenvalue weighted by atomic mass is 10.1. The van der Waals surface area contributed by atoms with Crippen LogP contribution in [0.2, 0.25) is 0 Å². The van der Waals surface area contributed by atoms with Gasteiger partial charge in [0.1, 0.15) is 0 Å². The zero-order valence-corrected chi connectivity index (χ0v) is 10.2. The van der Waals surface area contributed by atoms with Crippen molar-refractivity contribution in [3.05, 3.63) is 0 Å². The Labute approximate surface area is 93.6 Å². The maximum Gasteiger partial charge on any atom is 0.0224 e. The fourth-order valence-electron chi connectivity index (χ4n) is 2.93. The first-order valence-electron chi connectivity index (χ1n) is 6.44. The van der Waals surface area contributed by atoms with Crippen molar-refractivity contribution in [2.75, 3.05) is 26.2 Å². The molecule has 2 fully saturated rings. The number of piperazine rings is 1. The van der Waals surface area contributed by atoms with Crippen LogP contribution in [-0.2, 0) is 0 Å². The topological polar surface area (TPSA) is 32.5 Å². The largest absolute Gasteiger partial charge is 0.327 e. The monoisotopic (exact) mass is 211 g/mol. The Hall–Kier alpha value is -0.120. The van der Waals surface area contributed by atoms with E-state index in [0.717, 1.165) is 19.0 Å². The van der Waals surface area contributed by atoms with Gasteiger partial charge in [0.15, 0.2) is 0 Å². The number of fused-ring (bicyclic) bond motifs is 1. The molecule has 3 atom stereocenters. The van der Waals surface area contributed by atoms with Gasteiger partial charge in [0, 0.05) is 37.8 Å². The molecule has 0 aliphatic carbocycles. The number of hydrogen-bond donors (Lipinski definition) is 1. The van der Waals surface area contributed by atoms with E-state index in [2.05, 4.69) is 23.6 Å². The molecule has 3 unspecified atom stereocenters. The Morgan fingerprint density at radius 1 is 1.40 bits per heavy atom. The van der Waals surface area contributed by atoms with Gasteiger partial charge in [-0.05, 0) is 32.7 Å². The lowest BCUT2D eigenvalue weighted by molar-refractivity contribution is 0.0551. The SMILES string of the molecule is CCC(N)CN1CC2CCCN2CC1C. The van der Waals surface area contributed by atoms with Crippen molar-refractivity contribution in [3.63, 3.8) is 0 Å². The van der Waals surface area contributed by atoms with Crippen LogP contribution in [0.3, 0.4) is 0 Å². The Morgan fingerprint density at radius 3 is 2.93 bits per heavy atom. The first-order chi connectivity index (χ1) is 7.20. The van der Waals surface area contributed by atoms with Crippen molar-refractivity contribution in [2.45, 2.75) is 51.2 Å². The average molecular weight is 211 g/mol. The molecule has 3 nitrogen and oxygen atoms in total. The van der Waals surface area contributed by atoms with E-state index in [4.69, 9.17) is 5.73 Å². The summed E-state index contributed by atoms with van der Waals surface area (Å²) < 4.78 is 0. The molecule has 2 rings (SSSR count). The summed E-state index contributed by atoms with van der Waals surface area (Å²) in [6.07, 6.45) is 3.88. The van der Waals surface area contributed by atoms with Crippen LogP contribution in [0.5, 0.6) is 0 Å². The summed E-state index contributed by atoms with van der Waals surface area (Å²) in [5, 5.41) is 0. The summed E-state index contributed by atoms with van der Waals surface area (Å²) in [5.41, 5.74) is 6.05. The quantitative estimate of drug-likeness (QED) is 0.752. The molecule has 2 saturated heterocycles. The Balaban J connectivity index is 1.89. The van der Waals surface area contributed by atoms with Gasteiger partial charge >= 0.3 is 0 Å². The molecule has 0 aromatic heterocycles. The van der Waals surface area contributed by atoms with Gasteiger partial charge in [0.05, 0.1) is 0 Å². The Bertz CT molecular complexity index is 207. The smallest absolute Gasteiger partial charge is 0.0224 e. The first kappa shape index (κ1) is 11.4. The van der Waals surface area contributed by atoms with Crippen LogP contribution in [0.25, 0.3) is 0 Å². The maximum atomic E-state index is 6.05. The first-order valence-corrected chi connectivity index (χ1v) is 6.44. The second-order valence-electron chi connectivity index (χ2n) is 5.26. The third kappa shape index (κ3) is 2.52. The second-order valence-corrected chi connectivity index (χ2v) is 5.26. The standard InChI is InChI=1S/C12H25N3/c1-3-11(13)8-15-9-12-5-4-6-14(12)7-10(15)2/h10-12H,3-9,13H2,1-2H3. The van der Waals surface area contributed by atoms with Gasteiger partial charge in [-0.15, -0.1) is 0 Å². The lowest BCUT2D eigenvalue weighted by Crippen LogP contribution is -2.57. The molecule has 2 N–H and O–H groups in total. The molecule has 88 valence electrons. The van der Waals surface area contributed by atoms with E-state index in [1.165, 1.54) is 32.5 Å². The van der Waals surface area contributed by atoms with Crippen LogP contribution in [-0.4, -0.2) is 54.1 Å². The van der Waals surface area contributed by atoms with Gasteiger partial charge in [0.25, 0.3) is 0 Å². The molecule has 0 spiro atoms. The summed E-state index contributed by atoms with van der Waals surface area (Å²) in [4.78, 5) is 5.26. The highest BCUT2D eigenvalue weighted by Crippen LogP contribution is 2.24. The van der Waals surface area contributed by atoms with Crippen molar-refractivity contribution in [2.24, 2.45) is 5.73 Å². The van der Waals surface area contributed by atoms with Crippen LogP contribution >= 0.6 is 0 Å². The van der Waals surface area contributed by atoms with Gasteiger partial charge < -0.3 is 5.73 Å². The molecule has 0 aromatic carbocycles. The maximum absolute atomic E-state index is 6.05. The number of hydrogen-bond acceptors (Lipinski definition) is 3. The van der Waals surface area contributed by atoms with E-state index in [-0.39, 0.29) is 0 Å². The minimum Gasteiger partial charge on any atom is -0.327 e. The Kier molecular flexibility index (Phi) is 3.65. The molecule has 0 radical (unpaired) electrons. The van der Waals surface area contributed by atoms with Crippen molar-refractivity contribution in [1.29, 1.82) is 0 Å². The minimum absolute atomic E-state index is 0.361. The summed E-state index contributed by atoms with van der Waals surface area (Å²) in [5.74, 6) is 0. The van der Waals surface area contributed by atoms with Crippen LogP contribution in [0.15, 0.2) is 0 Å². The summed E-state index contributed by atoms with van der Waals surface area (Å²) in [6.45, 7) is 9.43. The minimum atomic E-state index is 0.361. The van der Waals surface area contributed by atoms with Crippen LogP contribution in [0, 0.1) is 0 Å². The fraction of sp³-hybridized carbons (Fsp3) is 1.00. The molecular formula is C12H25N3. The van der Waals surface area contributed by atoms with Crippen molar-refractivity contribution in [1.82, 2.24) is 9.80 Å². The summed E-state index contributed by atoms with van der Waals surface area (Å²) in [6, 6.07) is 1.88. The zero-order valence-electron chi connectivity index (χ0n) is 10.2. The molecule has 3 heteroatoms. The molecule has 2 aliphatic rings. The molecule has 0 bridgehead atoms. The fourth-order valence-corrected chi connectivity index (χ4v) is 2.93. The van der Waals surface area contributed by atoms with E-state index in [9.17, 15) is 0 Å². The van der Waals surface area contributed by atoms with Crippen LogP contribution in [0.1, 0.15) is 33.1 Å². The van der Waals surface area contributed by atoms with Crippen molar-refractivity contribution < 1.29 is 0 Å². The van der Waals surface area contributed by atoms with Gasteiger partial charge in [-0.3, -0.25) is 9.80 Å². The van der Waals surface area contributed by atoms with Gasteiger partial charge in [0.2, 0.25) is 0 Å². The highest BCUT2D eigenvalue weighted by molar-refractivity contribution is 4.91.